The van der Waals surface area contributed by atoms with Crippen molar-refractivity contribution in [3.8, 4) is 11.9 Å². The lowest BCUT2D eigenvalue weighted by molar-refractivity contribution is -0.119. The van der Waals surface area contributed by atoms with Gasteiger partial charge in [-0.2, -0.15) is 15.2 Å². The second kappa shape index (κ2) is 8.99. The number of hydrogen-bond donors (Lipinski definition) is 2. The van der Waals surface area contributed by atoms with E-state index in [0.717, 1.165) is 37.1 Å². The minimum atomic E-state index is -0.525. The molecule has 0 aromatic carbocycles. The van der Waals surface area contributed by atoms with Crippen LogP contribution >= 0.6 is 11.3 Å². The van der Waals surface area contributed by atoms with Crippen LogP contribution < -0.4 is 16.2 Å². The van der Waals surface area contributed by atoms with Crippen molar-refractivity contribution in [1.82, 2.24) is 14.9 Å². The van der Waals surface area contributed by atoms with Crippen LogP contribution in [0.25, 0.3) is 0 Å². The van der Waals surface area contributed by atoms with Gasteiger partial charge in [-0.15, -0.1) is 11.3 Å². The molecular weight excluding hydrogens is 414 g/mol. The highest BCUT2D eigenvalue weighted by atomic mass is 32.1. The highest BCUT2D eigenvalue weighted by Crippen LogP contribution is 2.42. The number of likely N-dealkylation sites (tertiary alicyclic amines) is 1. The van der Waals surface area contributed by atoms with Crippen molar-refractivity contribution in [2.45, 2.75) is 44.1 Å². The topological polar surface area (TPSA) is 144 Å². The number of aliphatic imine (C=N–C) groups is 1. The highest BCUT2D eigenvalue weighted by Gasteiger charge is 2.32. The zero-order valence-corrected chi connectivity index (χ0v) is 18.2. The van der Waals surface area contributed by atoms with E-state index in [1.54, 1.807) is 6.07 Å². The number of aryl methyl sites for hydroxylation is 1. The molecule has 9 nitrogen and oxygen atoms in total. The maximum Gasteiger partial charge on any atom is 0.255 e. The number of amides is 1. The molecule has 3 heterocycles. The first-order chi connectivity index (χ1) is 15.0. The number of hydrogen-bond acceptors (Lipinski definition) is 8. The van der Waals surface area contributed by atoms with Crippen LogP contribution in [0.4, 0.5) is 5.00 Å². The summed E-state index contributed by atoms with van der Waals surface area (Å²) in [5.41, 5.74) is 13.1. The van der Waals surface area contributed by atoms with Gasteiger partial charge in [-0.1, -0.05) is 0 Å². The van der Waals surface area contributed by atoms with E-state index in [-0.39, 0.29) is 11.7 Å². The minimum absolute atomic E-state index is 0.0673. The Hall–Kier alpha value is -3.03. The van der Waals surface area contributed by atoms with Gasteiger partial charge < -0.3 is 21.1 Å². The molecule has 0 saturated carbocycles. The number of thiophene rings is 1. The Kier molecular flexibility index (Phi) is 6.15. The average molecular weight is 440 g/mol. The van der Waals surface area contributed by atoms with E-state index in [2.05, 4.69) is 33.0 Å². The van der Waals surface area contributed by atoms with Crippen LogP contribution in [-0.2, 0) is 11.2 Å². The summed E-state index contributed by atoms with van der Waals surface area (Å²) < 4.78 is 5.82. The van der Waals surface area contributed by atoms with Gasteiger partial charge in [0.25, 0.3) is 5.91 Å². The Bertz CT molecular complexity index is 1060. The fraction of sp³-hybridized carbons (Fsp3) is 0.476. The van der Waals surface area contributed by atoms with Crippen LogP contribution in [0.3, 0.4) is 0 Å². The van der Waals surface area contributed by atoms with Crippen molar-refractivity contribution in [2.24, 2.45) is 10.7 Å². The molecular formula is C21H25N7O2S. The molecule has 2 aromatic rings. The zero-order chi connectivity index (χ0) is 22.0. The third kappa shape index (κ3) is 4.38. The van der Waals surface area contributed by atoms with Gasteiger partial charge in [-0.05, 0) is 51.3 Å². The summed E-state index contributed by atoms with van der Waals surface area (Å²) in [4.78, 5) is 28.7. The van der Waals surface area contributed by atoms with E-state index < -0.39 is 11.8 Å². The molecule has 0 spiro atoms. The van der Waals surface area contributed by atoms with Gasteiger partial charge in [0.05, 0.1) is 11.5 Å². The first-order valence-electron chi connectivity index (χ1n) is 10.3. The monoisotopic (exact) mass is 439 g/mol. The van der Waals surface area contributed by atoms with Crippen molar-refractivity contribution in [2.75, 3.05) is 25.9 Å². The van der Waals surface area contributed by atoms with E-state index in [1.807, 2.05) is 0 Å². The number of likely N-dealkylation sites (N-methyl/N-ethyl adjacent to an activating group) is 1. The SMILES string of the molecule is CN1CCC[C@H]1COc1ccnc(C(N)=NC(=O)[C@H]2CCCc3sc(N)c(C#N)c32)n1. The predicted molar refractivity (Wildman–Crippen MR) is 118 cm³/mol. The van der Waals surface area contributed by atoms with Gasteiger partial charge in [0.15, 0.2) is 11.7 Å². The number of carbonyl (C=O) groups is 1. The molecule has 1 saturated heterocycles. The molecule has 0 bridgehead atoms. The third-order valence-corrected chi connectivity index (χ3v) is 6.98. The molecule has 1 aliphatic heterocycles. The van der Waals surface area contributed by atoms with Crippen LogP contribution in [0.2, 0.25) is 0 Å². The number of nitrogen functional groups attached to an aromatic ring is 1. The largest absolute Gasteiger partial charge is 0.476 e. The molecule has 2 atom stereocenters. The number of rotatable bonds is 5. The van der Waals surface area contributed by atoms with Gasteiger partial charge in [-0.3, -0.25) is 4.79 Å². The fourth-order valence-corrected chi connectivity index (χ4v) is 5.33. The van der Waals surface area contributed by atoms with Crippen molar-refractivity contribution < 1.29 is 9.53 Å². The maximum absolute atomic E-state index is 12.9. The molecule has 4 rings (SSSR count). The van der Waals surface area contributed by atoms with Gasteiger partial charge >= 0.3 is 0 Å². The Balaban J connectivity index is 1.50. The first kappa shape index (κ1) is 21.2. The maximum atomic E-state index is 12.9. The van der Waals surface area contributed by atoms with E-state index in [0.29, 0.717) is 41.1 Å². The third-order valence-electron chi connectivity index (χ3n) is 5.89. The number of amidine groups is 1. The Morgan fingerprint density at radius 1 is 1.45 bits per heavy atom. The van der Waals surface area contributed by atoms with Crippen LogP contribution in [-0.4, -0.2) is 52.9 Å². The Morgan fingerprint density at radius 2 is 2.29 bits per heavy atom. The zero-order valence-electron chi connectivity index (χ0n) is 17.4. The van der Waals surface area contributed by atoms with E-state index in [4.69, 9.17) is 16.2 Å². The van der Waals surface area contributed by atoms with Crippen molar-refractivity contribution >= 4 is 28.1 Å². The van der Waals surface area contributed by atoms with Crippen LogP contribution in [0.15, 0.2) is 17.3 Å². The quantitative estimate of drug-likeness (QED) is 0.530. The molecule has 2 aromatic heterocycles. The first-order valence-corrected chi connectivity index (χ1v) is 11.1. The fourth-order valence-electron chi connectivity index (χ4n) is 4.20. The van der Waals surface area contributed by atoms with Crippen LogP contribution in [0.5, 0.6) is 5.88 Å². The van der Waals surface area contributed by atoms with E-state index >= 15 is 0 Å². The number of aromatic nitrogens is 2. The molecule has 162 valence electrons. The molecule has 1 fully saturated rings. The summed E-state index contributed by atoms with van der Waals surface area (Å²) in [6, 6.07) is 4.15. The molecule has 0 unspecified atom stereocenters. The lowest BCUT2D eigenvalue weighted by Gasteiger charge is -2.20. The molecule has 10 heteroatoms. The number of nitriles is 1. The predicted octanol–water partition coefficient (Wildman–Crippen LogP) is 1.82. The minimum Gasteiger partial charge on any atom is -0.476 e. The number of nitrogens with zero attached hydrogens (tertiary/aromatic N) is 5. The number of ether oxygens (including phenoxy) is 1. The number of carbonyl (C=O) groups excluding carboxylic acids is 1. The Labute approximate surface area is 184 Å². The molecule has 1 aliphatic carbocycles. The summed E-state index contributed by atoms with van der Waals surface area (Å²) in [7, 11) is 2.08. The standard InChI is InChI=1S/C21H25N7O2S/c1-28-9-3-4-12(28)11-30-16-7-8-25-20(26-16)18(23)27-21(29)13-5-2-6-15-17(13)14(10-22)19(24)31-15/h7-8,12-13H,2-6,9,11,24H2,1H3,(H2,23,27,29)/t12-,13-/m0/s1. The van der Waals surface area contributed by atoms with Gasteiger partial charge in [0.2, 0.25) is 5.88 Å². The lowest BCUT2D eigenvalue weighted by Crippen LogP contribution is -2.31. The van der Waals surface area contributed by atoms with Gasteiger partial charge in [0.1, 0.15) is 17.7 Å². The summed E-state index contributed by atoms with van der Waals surface area (Å²) in [6.45, 7) is 1.60. The summed E-state index contributed by atoms with van der Waals surface area (Å²) >= 11 is 1.37. The van der Waals surface area contributed by atoms with Crippen molar-refractivity contribution in [3.63, 3.8) is 0 Å². The number of fused-ring (bicyclic) bond motifs is 1. The second-order valence-electron chi connectivity index (χ2n) is 7.88. The molecule has 31 heavy (non-hydrogen) atoms. The molecule has 4 N–H and O–H groups in total. The lowest BCUT2D eigenvalue weighted by atomic mass is 9.85. The van der Waals surface area contributed by atoms with E-state index in [1.165, 1.54) is 17.5 Å². The summed E-state index contributed by atoms with van der Waals surface area (Å²) in [5.74, 6) is -0.458. The molecule has 1 amide bonds. The van der Waals surface area contributed by atoms with Crippen LogP contribution in [0, 0.1) is 11.3 Å². The highest BCUT2D eigenvalue weighted by molar-refractivity contribution is 7.16. The smallest absolute Gasteiger partial charge is 0.255 e. The number of anilines is 1. The van der Waals surface area contributed by atoms with Gasteiger partial charge in [-0.25, -0.2) is 4.98 Å². The van der Waals surface area contributed by atoms with E-state index in [9.17, 15) is 10.1 Å². The molecule has 2 aliphatic rings. The second-order valence-corrected chi connectivity index (χ2v) is 9.01. The van der Waals surface area contributed by atoms with Crippen LogP contribution in [0.1, 0.15) is 53.4 Å². The number of nitrogens with two attached hydrogens (primary N) is 2. The van der Waals surface area contributed by atoms with Crippen molar-refractivity contribution in [3.05, 3.63) is 34.1 Å². The summed E-state index contributed by atoms with van der Waals surface area (Å²) in [6.07, 6.45) is 6.04. The molecule has 0 radical (unpaired) electrons. The normalized spacial score (nSPS) is 21.5. The average Bonchev–Trinajstić information content (AvgIpc) is 3.33. The van der Waals surface area contributed by atoms with Crippen molar-refractivity contribution in [1.29, 1.82) is 5.26 Å². The summed E-state index contributed by atoms with van der Waals surface area (Å²) in [5, 5.41) is 9.92. The van der Waals surface area contributed by atoms with Gasteiger partial charge in [0, 0.05) is 23.2 Å². The Morgan fingerprint density at radius 3 is 3.03 bits per heavy atom.